The summed E-state index contributed by atoms with van der Waals surface area (Å²) in [5, 5.41) is 3.13. The van der Waals surface area contributed by atoms with Gasteiger partial charge in [0.1, 0.15) is 0 Å². The van der Waals surface area contributed by atoms with Crippen molar-refractivity contribution in [2.45, 2.75) is 31.3 Å². The van der Waals surface area contributed by atoms with Crippen LogP contribution in [0.4, 0.5) is 16.2 Å². The lowest BCUT2D eigenvalue weighted by Gasteiger charge is -2.16. The van der Waals surface area contributed by atoms with Crippen LogP contribution in [-0.4, -0.2) is 40.0 Å². The Hall–Kier alpha value is -1.47. The van der Waals surface area contributed by atoms with Gasteiger partial charge in [0, 0.05) is 25.2 Å². The second kappa shape index (κ2) is 4.66. The molecule has 98 valence electrons. The van der Waals surface area contributed by atoms with Crippen molar-refractivity contribution in [1.82, 2.24) is 14.9 Å². The summed E-state index contributed by atoms with van der Waals surface area (Å²) in [6.45, 7) is 2.04. The van der Waals surface area contributed by atoms with Crippen LogP contribution < -0.4 is 16.6 Å². The summed E-state index contributed by atoms with van der Waals surface area (Å²) in [5.41, 5.74) is 2.32. The summed E-state index contributed by atoms with van der Waals surface area (Å²) in [6, 6.07) is 1.01. The number of nitrogen functional groups attached to an aromatic ring is 1. The number of hydrogen-bond acceptors (Lipinski definition) is 6. The predicted octanol–water partition coefficient (Wildman–Crippen LogP) is 0.550. The molecule has 0 bridgehead atoms. The first-order chi connectivity index (χ1) is 8.76. The number of aromatic nitrogens is 2. The molecule has 2 aliphatic rings. The van der Waals surface area contributed by atoms with Crippen molar-refractivity contribution >= 4 is 11.8 Å². The summed E-state index contributed by atoms with van der Waals surface area (Å²) in [6.07, 6.45) is 4.75. The van der Waals surface area contributed by atoms with Gasteiger partial charge in [-0.2, -0.15) is 4.98 Å². The fourth-order valence-electron chi connectivity index (χ4n) is 2.41. The van der Waals surface area contributed by atoms with Crippen molar-refractivity contribution in [3.05, 3.63) is 12.0 Å². The maximum atomic E-state index is 13.6. The molecule has 1 saturated carbocycles. The van der Waals surface area contributed by atoms with E-state index in [-0.39, 0.29) is 17.8 Å². The SMILES string of the molecule is NNc1ncc(F)c(NC2CCN(C3CC3)C2)n1. The Balaban J connectivity index is 1.65. The van der Waals surface area contributed by atoms with Crippen molar-refractivity contribution in [3.8, 4) is 0 Å². The van der Waals surface area contributed by atoms with Crippen molar-refractivity contribution in [1.29, 1.82) is 0 Å². The number of rotatable bonds is 4. The maximum absolute atomic E-state index is 13.6. The van der Waals surface area contributed by atoms with Gasteiger partial charge in [-0.25, -0.2) is 15.2 Å². The van der Waals surface area contributed by atoms with Gasteiger partial charge in [-0.3, -0.25) is 10.3 Å². The van der Waals surface area contributed by atoms with Gasteiger partial charge in [0.25, 0.3) is 0 Å². The summed E-state index contributed by atoms with van der Waals surface area (Å²) < 4.78 is 13.6. The number of nitrogens with zero attached hydrogens (tertiary/aromatic N) is 3. The van der Waals surface area contributed by atoms with Gasteiger partial charge >= 0.3 is 0 Å². The molecule has 2 fully saturated rings. The van der Waals surface area contributed by atoms with E-state index in [1.54, 1.807) is 0 Å². The quantitative estimate of drug-likeness (QED) is 0.536. The fraction of sp³-hybridized carbons (Fsp3) is 0.636. The summed E-state index contributed by atoms with van der Waals surface area (Å²) in [4.78, 5) is 10.2. The Bertz CT molecular complexity index is 436. The second-order valence-corrected chi connectivity index (χ2v) is 4.89. The minimum Gasteiger partial charge on any atom is -0.363 e. The van der Waals surface area contributed by atoms with E-state index in [4.69, 9.17) is 5.84 Å². The van der Waals surface area contributed by atoms with Gasteiger partial charge in [-0.1, -0.05) is 0 Å². The lowest BCUT2D eigenvalue weighted by molar-refractivity contribution is 0.326. The van der Waals surface area contributed by atoms with Gasteiger partial charge in [0.05, 0.1) is 6.20 Å². The molecule has 4 N–H and O–H groups in total. The molecule has 1 aliphatic heterocycles. The van der Waals surface area contributed by atoms with Crippen molar-refractivity contribution in [3.63, 3.8) is 0 Å². The molecule has 7 heteroatoms. The van der Waals surface area contributed by atoms with E-state index < -0.39 is 5.82 Å². The average Bonchev–Trinajstić information content (AvgIpc) is 3.13. The molecule has 18 heavy (non-hydrogen) atoms. The maximum Gasteiger partial charge on any atom is 0.239 e. The molecular weight excluding hydrogens is 235 g/mol. The Morgan fingerprint density at radius 3 is 2.94 bits per heavy atom. The van der Waals surface area contributed by atoms with Crippen molar-refractivity contribution < 1.29 is 4.39 Å². The third-order valence-electron chi connectivity index (χ3n) is 3.50. The van der Waals surface area contributed by atoms with E-state index in [1.165, 1.54) is 12.8 Å². The zero-order valence-corrected chi connectivity index (χ0v) is 10.1. The number of hydrogen-bond donors (Lipinski definition) is 3. The molecule has 6 nitrogen and oxygen atoms in total. The van der Waals surface area contributed by atoms with Crippen LogP contribution in [0.3, 0.4) is 0 Å². The highest BCUT2D eigenvalue weighted by molar-refractivity contribution is 5.41. The third kappa shape index (κ3) is 2.37. The monoisotopic (exact) mass is 252 g/mol. The van der Waals surface area contributed by atoms with Crippen LogP contribution in [0.2, 0.25) is 0 Å². The molecule has 0 radical (unpaired) electrons. The standard InChI is InChI=1S/C11H17FN6/c12-9-5-14-11(17-13)16-10(9)15-7-3-4-18(6-7)8-1-2-8/h5,7-8H,1-4,6,13H2,(H2,14,15,16,17). The number of nitrogens with one attached hydrogen (secondary N) is 2. The summed E-state index contributed by atoms with van der Waals surface area (Å²) in [7, 11) is 0. The van der Waals surface area contributed by atoms with E-state index in [1.807, 2.05) is 0 Å². The lowest BCUT2D eigenvalue weighted by Crippen LogP contribution is -2.28. The molecule has 0 amide bonds. The van der Waals surface area contributed by atoms with Crippen LogP contribution in [0.5, 0.6) is 0 Å². The highest BCUT2D eigenvalue weighted by Gasteiger charge is 2.34. The van der Waals surface area contributed by atoms with Crippen molar-refractivity contribution in [2.75, 3.05) is 23.8 Å². The third-order valence-corrected chi connectivity index (χ3v) is 3.50. The molecule has 3 rings (SSSR count). The lowest BCUT2D eigenvalue weighted by atomic mass is 10.2. The molecule has 1 unspecified atom stereocenters. The number of likely N-dealkylation sites (tertiary alicyclic amines) is 1. The average molecular weight is 252 g/mol. The van der Waals surface area contributed by atoms with E-state index in [0.29, 0.717) is 0 Å². The fourth-order valence-corrected chi connectivity index (χ4v) is 2.41. The molecular formula is C11H17FN6. The Kier molecular flexibility index (Phi) is 3.00. The van der Waals surface area contributed by atoms with Gasteiger partial charge in [-0.15, -0.1) is 0 Å². The number of nitrogens with two attached hydrogens (primary N) is 1. The Morgan fingerprint density at radius 1 is 1.39 bits per heavy atom. The van der Waals surface area contributed by atoms with Gasteiger partial charge in [0.15, 0.2) is 11.6 Å². The second-order valence-electron chi connectivity index (χ2n) is 4.89. The first-order valence-electron chi connectivity index (χ1n) is 6.26. The predicted molar refractivity (Wildman–Crippen MR) is 66.4 cm³/mol. The molecule has 0 aromatic carbocycles. The van der Waals surface area contributed by atoms with Crippen LogP contribution in [0, 0.1) is 5.82 Å². The number of anilines is 2. The van der Waals surface area contributed by atoms with E-state index >= 15 is 0 Å². The van der Waals surface area contributed by atoms with E-state index in [2.05, 4.69) is 25.6 Å². The minimum absolute atomic E-state index is 0.218. The molecule has 1 saturated heterocycles. The molecule has 1 aromatic rings. The van der Waals surface area contributed by atoms with Gasteiger partial charge in [-0.05, 0) is 19.3 Å². The van der Waals surface area contributed by atoms with Gasteiger partial charge in [0.2, 0.25) is 5.95 Å². The molecule has 0 spiro atoms. The Morgan fingerprint density at radius 2 is 2.22 bits per heavy atom. The number of halogens is 1. The molecule has 1 aromatic heterocycles. The highest BCUT2D eigenvalue weighted by Crippen LogP contribution is 2.30. The Labute approximate surface area is 105 Å². The smallest absolute Gasteiger partial charge is 0.239 e. The zero-order valence-electron chi connectivity index (χ0n) is 10.1. The first-order valence-corrected chi connectivity index (χ1v) is 6.26. The van der Waals surface area contributed by atoms with Crippen LogP contribution in [0.15, 0.2) is 6.20 Å². The normalized spacial score (nSPS) is 24.2. The largest absolute Gasteiger partial charge is 0.363 e. The van der Waals surface area contributed by atoms with Crippen LogP contribution >= 0.6 is 0 Å². The van der Waals surface area contributed by atoms with Crippen LogP contribution in [0.25, 0.3) is 0 Å². The first kappa shape index (κ1) is 11.6. The van der Waals surface area contributed by atoms with Crippen molar-refractivity contribution in [2.24, 2.45) is 5.84 Å². The number of hydrazine groups is 1. The summed E-state index contributed by atoms with van der Waals surface area (Å²) >= 11 is 0. The zero-order chi connectivity index (χ0) is 12.5. The molecule has 1 atom stereocenters. The van der Waals surface area contributed by atoms with Crippen LogP contribution in [-0.2, 0) is 0 Å². The molecule has 2 heterocycles. The minimum atomic E-state index is -0.445. The van der Waals surface area contributed by atoms with Gasteiger partial charge < -0.3 is 5.32 Å². The van der Waals surface area contributed by atoms with E-state index in [9.17, 15) is 4.39 Å². The highest BCUT2D eigenvalue weighted by atomic mass is 19.1. The van der Waals surface area contributed by atoms with Crippen LogP contribution in [0.1, 0.15) is 19.3 Å². The van der Waals surface area contributed by atoms with E-state index in [0.717, 1.165) is 31.7 Å². The molecule has 1 aliphatic carbocycles. The summed E-state index contributed by atoms with van der Waals surface area (Å²) in [5.74, 6) is 5.21. The topological polar surface area (TPSA) is 79.1 Å².